The van der Waals surface area contributed by atoms with Crippen LogP contribution in [0.1, 0.15) is 29.8 Å². The van der Waals surface area contributed by atoms with Gasteiger partial charge in [-0.2, -0.15) is 13.2 Å². The maximum absolute atomic E-state index is 12.5. The van der Waals surface area contributed by atoms with E-state index in [2.05, 4.69) is 5.32 Å². The standard InChI is InChI=1S/C12H12F3NO2/c1-3-7(2)16-10-5-4-8(12(13,14)15)6-9(10)11(17)18/h3-6,16H,1-2H3,(H,17,18)/b7-3-. The third-order valence-corrected chi connectivity index (χ3v) is 2.34. The van der Waals surface area contributed by atoms with E-state index in [4.69, 9.17) is 5.11 Å². The number of allylic oxidation sites excluding steroid dienone is 2. The SMILES string of the molecule is C/C=C(/C)Nc1ccc(C(F)(F)F)cc1C(=O)O. The van der Waals surface area contributed by atoms with Gasteiger partial charge in [0, 0.05) is 5.70 Å². The first kappa shape index (κ1) is 14.1. The number of benzene rings is 1. The van der Waals surface area contributed by atoms with Crippen LogP contribution in [0.3, 0.4) is 0 Å². The van der Waals surface area contributed by atoms with E-state index >= 15 is 0 Å². The van der Waals surface area contributed by atoms with Crippen LogP contribution in [0, 0.1) is 0 Å². The number of anilines is 1. The Morgan fingerprint density at radius 1 is 1.39 bits per heavy atom. The van der Waals surface area contributed by atoms with Gasteiger partial charge in [0.15, 0.2) is 0 Å². The molecular formula is C12H12F3NO2. The molecule has 0 bridgehead atoms. The van der Waals surface area contributed by atoms with Crippen LogP contribution in [-0.2, 0) is 6.18 Å². The summed E-state index contributed by atoms with van der Waals surface area (Å²) in [5, 5.41) is 11.6. The van der Waals surface area contributed by atoms with E-state index < -0.39 is 23.3 Å². The van der Waals surface area contributed by atoms with Crippen LogP contribution in [0.15, 0.2) is 30.0 Å². The topological polar surface area (TPSA) is 49.3 Å². The molecule has 1 rings (SSSR count). The Bertz CT molecular complexity index is 493. The monoisotopic (exact) mass is 259 g/mol. The van der Waals surface area contributed by atoms with E-state index in [9.17, 15) is 18.0 Å². The van der Waals surface area contributed by atoms with Gasteiger partial charge < -0.3 is 10.4 Å². The molecule has 3 nitrogen and oxygen atoms in total. The smallest absolute Gasteiger partial charge is 0.416 e. The fraction of sp³-hybridized carbons (Fsp3) is 0.250. The van der Waals surface area contributed by atoms with E-state index in [0.717, 1.165) is 12.1 Å². The number of carboxylic acid groups (broad SMARTS) is 1. The first-order chi connectivity index (χ1) is 8.25. The van der Waals surface area contributed by atoms with Crippen LogP contribution in [-0.4, -0.2) is 11.1 Å². The molecule has 0 unspecified atom stereocenters. The molecule has 0 aliphatic carbocycles. The van der Waals surface area contributed by atoms with Crippen molar-refractivity contribution < 1.29 is 23.1 Å². The maximum atomic E-state index is 12.5. The number of alkyl halides is 3. The average Bonchev–Trinajstić information content (AvgIpc) is 2.27. The highest BCUT2D eigenvalue weighted by Crippen LogP contribution is 2.32. The first-order valence-corrected chi connectivity index (χ1v) is 5.10. The molecule has 0 radical (unpaired) electrons. The summed E-state index contributed by atoms with van der Waals surface area (Å²) in [7, 11) is 0. The minimum Gasteiger partial charge on any atom is -0.478 e. The molecule has 18 heavy (non-hydrogen) atoms. The minimum absolute atomic E-state index is 0.131. The van der Waals surface area contributed by atoms with Crippen LogP contribution >= 0.6 is 0 Å². The lowest BCUT2D eigenvalue weighted by molar-refractivity contribution is -0.137. The lowest BCUT2D eigenvalue weighted by atomic mass is 10.1. The van der Waals surface area contributed by atoms with E-state index in [-0.39, 0.29) is 5.69 Å². The molecular weight excluding hydrogens is 247 g/mol. The van der Waals surface area contributed by atoms with Gasteiger partial charge >= 0.3 is 12.1 Å². The Labute approximate surface area is 102 Å². The van der Waals surface area contributed by atoms with E-state index in [1.165, 1.54) is 0 Å². The summed E-state index contributed by atoms with van der Waals surface area (Å²) in [5.74, 6) is -1.41. The molecule has 6 heteroatoms. The number of carbonyl (C=O) groups is 1. The summed E-state index contributed by atoms with van der Waals surface area (Å²) in [6, 6.07) is 2.57. The molecule has 0 aliphatic rings. The molecule has 0 saturated heterocycles. The quantitative estimate of drug-likeness (QED) is 0.869. The van der Waals surface area contributed by atoms with Gasteiger partial charge in [-0.25, -0.2) is 4.79 Å². The highest BCUT2D eigenvalue weighted by molar-refractivity contribution is 5.94. The lowest BCUT2D eigenvalue weighted by Crippen LogP contribution is -2.10. The van der Waals surface area contributed by atoms with Gasteiger partial charge in [-0.15, -0.1) is 0 Å². The van der Waals surface area contributed by atoms with Gasteiger partial charge in [0.05, 0.1) is 16.8 Å². The molecule has 0 atom stereocenters. The van der Waals surface area contributed by atoms with E-state index in [1.54, 1.807) is 19.9 Å². The van der Waals surface area contributed by atoms with Gasteiger partial charge in [-0.3, -0.25) is 0 Å². The molecule has 1 aromatic rings. The fourth-order valence-electron chi connectivity index (χ4n) is 1.29. The summed E-state index contributed by atoms with van der Waals surface area (Å²) < 4.78 is 37.4. The number of hydrogen-bond acceptors (Lipinski definition) is 2. The van der Waals surface area contributed by atoms with Crippen molar-refractivity contribution in [1.82, 2.24) is 0 Å². The Morgan fingerprint density at radius 3 is 2.44 bits per heavy atom. The highest BCUT2D eigenvalue weighted by Gasteiger charge is 2.31. The zero-order chi connectivity index (χ0) is 13.9. The van der Waals surface area contributed by atoms with Gasteiger partial charge in [0.25, 0.3) is 0 Å². The van der Waals surface area contributed by atoms with Crippen LogP contribution < -0.4 is 5.32 Å². The maximum Gasteiger partial charge on any atom is 0.416 e. The Balaban J connectivity index is 3.25. The van der Waals surface area contributed by atoms with Gasteiger partial charge in [-0.1, -0.05) is 6.08 Å². The molecule has 0 aromatic heterocycles. The molecule has 0 heterocycles. The highest BCUT2D eigenvalue weighted by atomic mass is 19.4. The van der Waals surface area contributed by atoms with E-state index in [0.29, 0.717) is 11.8 Å². The van der Waals surface area contributed by atoms with Gasteiger partial charge in [0.2, 0.25) is 0 Å². The van der Waals surface area contributed by atoms with Crippen LogP contribution in [0.4, 0.5) is 18.9 Å². The summed E-state index contributed by atoms with van der Waals surface area (Å²) in [5.41, 5.74) is -0.613. The second-order valence-corrected chi connectivity index (χ2v) is 3.66. The second-order valence-electron chi connectivity index (χ2n) is 3.66. The molecule has 0 spiro atoms. The number of aromatic carboxylic acids is 1. The van der Waals surface area contributed by atoms with Crippen molar-refractivity contribution in [2.75, 3.05) is 5.32 Å². The molecule has 0 saturated carbocycles. The third-order valence-electron chi connectivity index (χ3n) is 2.34. The molecule has 0 aliphatic heterocycles. The summed E-state index contributed by atoms with van der Waals surface area (Å²) in [6.07, 6.45) is -2.87. The number of halogens is 3. The number of carboxylic acids is 1. The molecule has 98 valence electrons. The number of nitrogens with one attached hydrogen (secondary N) is 1. The molecule has 2 N–H and O–H groups in total. The lowest BCUT2D eigenvalue weighted by Gasteiger charge is -2.13. The van der Waals surface area contributed by atoms with Crippen molar-refractivity contribution in [3.63, 3.8) is 0 Å². The van der Waals surface area contributed by atoms with Crippen LogP contribution in [0.25, 0.3) is 0 Å². The van der Waals surface area contributed by atoms with Crippen molar-refractivity contribution in [2.24, 2.45) is 0 Å². The minimum atomic E-state index is -4.56. The summed E-state index contributed by atoms with van der Waals surface area (Å²) >= 11 is 0. The van der Waals surface area contributed by atoms with Crippen molar-refractivity contribution in [1.29, 1.82) is 0 Å². The molecule has 0 amide bonds. The van der Waals surface area contributed by atoms with Crippen molar-refractivity contribution in [3.05, 3.63) is 41.1 Å². The average molecular weight is 259 g/mol. The van der Waals surface area contributed by atoms with Crippen molar-refractivity contribution in [3.8, 4) is 0 Å². The molecule has 0 fully saturated rings. The third kappa shape index (κ3) is 3.26. The largest absolute Gasteiger partial charge is 0.478 e. The summed E-state index contributed by atoms with van der Waals surface area (Å²) in [6.45, 7) is 3.41. The normalized spacial score (nSPS) is 12.4. The first-order valence-electron chi connectivity index (χ1n) is 5.10. The second kappa shape index (κ2) is 5.12. The predicted octanol–water partition coefficient (Wildman–Crippen LogP) is 3.74. The number of hydrogen-bond donors (Lipinski definition) is 2. The zero-order valence-electron chi connectivity index (χ0n) is 9.80. The molecule has 1 aromatic carbocycles. The number of rotatable bonds is 3. The van der Waals surface area contributed by atoms with E-state index in [1.807, 2.05) is 0 Å². The van der Waals surface area contributed by atoms with Crippen molar-refractivity contribution >= 4 is 11.7 Å². The van der Waals surface area contributed by atoms with Crippen LogP contribution in [0.2, 0.25) is 0 Å². The zero-order valence-corrected chi connectivity index (χ0v) is 9.80. The van der Waals surface area contributed by atoms with Crippen LogP contribution in [0.5, 0.6) is 0 Å². The summed E-state index contributed by atoms with van der Waals surface area (Å²) in [4.78, 5) is 10.9. The van der Waals surface area contributed by atoms with Gasteiger partial charge in [-0.05, 0) is 32.0 Å². The van der Waals surface area contributed by atoms with Crippen molar-refractivity contribution in [2.45, 2.75) is 20.0 Å². The Kier molecular flexibility index (Phi) is 4.00. The van der Waals surface area contributed by atoms with Gasteiger partial charge in [0.1, 0.15) is 0 Å². The Morgan fingerprint density at radius 2 is 2.00 bits per heavy atom. The Hall–Kier alpha value is -1.98. The fourth-order valence-corrected chi connectivity index (χ4v) is 1.29. The predicted molar refractivity (Wildman–Crippen MR) is 61.5 cm³/mol.